The molecule has 0 aromatic heterocycles. The number of urea groups is 1. The molecule has 1 aliphatic rings. The van der Waals surface area contributed by atoms with Crippen molar-refractivity contribution in [3.05, 3.63) is 22.7 Å². The Balaban J connectivity index is 1.85. The van der Waals surface area contributed by atoms with Crippen molar-refractivity contribution in [2.45, 2.75) is 31.7 Å². The van der Waals surface area contributed by atoms with Crippen molar-refractivity contribution in [3.63, 3.8) is 0 Å². The number of carbonyl (C=O) groups excluding carboxylic acids is 1. The molecule has 0 heterocycles. The van der Waals surface area contributed by atoms with Gasteiger partial charge in [0.2, 0.25) is 0 Å². The lowest BCUT2D eigenvalue weighted by Gasteiger charge is -2.26. The van der Waals surface area contributed by atoms with Gasteiger partial charge in [-0.15, -0.1) is 0 Å². The third-order valence-electron chi connectivity index (χ3n) is 3.84. The van der Waals surface area contributed by atoms with Gasteiger partial charge in [-0.05, 0) is 59.8 Å². The summed E-state index contributed by atoms with van der Waals surface area (Å²) in [7, 11) is 1.58. The minimum absolute atomic E-state index is 0.0209. The van der Waals surface area contributed by atoms with Crippen molar-refractivity contribution >= 4 is 33.6 Å². The molecular weight excluding hydrogens is 352 g/mol. The fraction of sp³-hybridized carbons (Fsp3) is 0.467. The summed E-state index contributed by atoms with van der Waals surface area (Å²) in [5, 5.41) is 14.6. The van der Waals surface area contributed by atoms with E-state index in [1.807, 2.05) is 0 Å². The van der Waals surface area contributed by atoms with Crippen LogP contribution in [0.15, 0.2) is 22.7 Å². The van der Waals surface area contributed by atoms with Gasteiger partial charge in [0.25, 0.3) is 0 Å². The Labute approximate surface area is 137 Å². The van der Waals surface area contributed by atoms with Gasteiger partial charge >= 0.3 is 12.0 Å². The van der Waals surface area contributed by atoms with E-state index in [9.17, 15) is 9.59 Å². The normalized spacial score (nSPS) is 21.0. The Bertz CT molecular complexity index is 556. The largest absolute Gasteiger partial charge is 0.497 e. The van der Waals surface area contributed by atoms with Gasteiger partial charge in [0.05, 0.1) is 18.7 Å². The standard InChI is InChI=1S/C15H19BrN2O4/c1-22-11-6-7-13(12(16)8-11)18-15(21)17-10-4-2-9(3-5-10)14(19)20/h6-10H,2-5H2,1H3,(H,19,20)(H2,17,18,21). The molecule has 0 atom stereocenters. The van der Waals surface area contributed by atoms with Crippen molar-refractivity contribution in [2.75, 3.05) is 12.4 Å². The molecule has 1 aliphatic carbocycles. The number of benzene rings is 1. The maximum absolute atomic E-state index is 12.0. The van der Waals surface area contributed by atoms with Crippen LogP contribution in [0.2, 0.25) is 0 Å². The number of carboxylic acids is 1. The van der Waals surface area contributed by atoms with Crippen molar-refractivity contribution in [1.29, 1.82) is 0 Å². The van der Waals surface area contributed by atoms with Gasteiger partial charge in [-0.25, -0.2) is 4.79 Å². The monoisotopic (exact) mass is 370 g/mol. The maximum atomic E-state index is 12.0. The molecule has 0 unspecified atom stereocenters. The predicted molar refractivity (Wildman–Crippen MR) is 86.2 cm³/mol. The quantitative estimate of drug-likeness (QED) is 0.759. The van der Waals surface area contributed by atoms with E-state index in [0.29, 0.717) is 37.1 Å². The second-order valence-corrected chi connectivity index (χ2v) is 6.19. The lowest BCUT2D eigenvalue weighted by atomic mass is 9.86. The molecule has 22 heavy (non-hydrogen) atoms. The van der Waals surface area contributed by atoms with Crippen LogP contribution >= 0.6 is 15.9 Å². The van der Waals surface area contributed by atoms with Crippen LogP contribution in [0.4, 0.5) is 10.5 Å². The molecule has 0 aliphatic heterocycles. The van der Waals surface area contributed by atoms with Crippen molar-refractivity contribution < 1.29 is 19.4 Å². The first kappa shape index (κ1) is 16.6. The first-order chi connectivity index (χ1) is 10.5. The van der Waals surface area contributed by atoms with E-state index in [-0.39, 0.29) is 18.0 Å². The molecule has 2 amide bonds. The summed E-state index contributed by atoms with van der Waals surface area (Å²) >= 11 is 3.38. The van der Waals surface area contributed by atoms with E-state index in [0.717, 1.165) is 4.47 Å². The highest BCUT2D eigenvalue weighted by Gasteiger charge is 2.26. The molecule has 1 aromatic rings. The van der Waals surface area contributed by atoms with Gasteiger partial charge in [-0.3, -0.25) is 4.79 Å². The molecule has 120 valence electrons. The van der Waals surface area contributed by atoms with Crippen LogP contribution in [0.1, 0.15) is 25.7 Å². The molecule has 0 bridgehead atoms. The molecular formula is C15H19BrN2O4. The lowest BCUT2D eigenvalue weighted by Crippen LogP contribution is -2.41. The highest BCUT2D eigenvalue weighted by molar-refractivity contribution is 9.10. The molecule has 1 aromatic carbocycles. The number of carboxylic acid groups (broad SMARTS) is 1. The zero-order chi connectivity index (χ0) is 16.1. The van der Waals surface area contributed by atoms with Gasteiger partial charge in [-0.2, -0.15) is 0 Å². The van der Waals surface area contributed by atoms with Crippen molar-refractivity contribution in [1.82, 2.24) is 5.32 Å². The Morgan fingerprint density at radius 1 is 1.27 bits per heavy atom. The molecule has 6 nitrogen and oxygen atoms in total. The van der Waals surface area contributed by atoms with E-state index >= 15 is 0 Å². The number of amides is 2. The van der Waals surface area contributed by atoms with E-state index in [4.69, 9.17) is 9.84 Å². The molecule has 2 rings (SSSR count). The Hall–Kier alpha value is -1.76. The first-order valence-corrected chi connectivity index (χ1v) is 7.92. The number of anilines is 1. The minimum Gasteiger partial charge on any atom is -0.497 e. The van der Waals surface area contributed by atoms with Crippen LogP contribution in [0.25, 0.3) is 0 Å². The highest BCUT2D eigenvalue weighted by Crippen LogP contribution is 2.27. The second kappa shape index (κ2) is 7.49. The van der Waals surface area contributed by atoms with E-state index in [1.54, 1.807) is 25.3 Å². The summed E-state index contributed by atoms with van der Waals surface area (Å²) in [6.07, 6.45) is 2.58. The topological polar surface area (TPSA) is 87.7 Å². The van der Waals surface area contributed by atoms with E-state index < -0.39 is 5.97 Å². The van der Waals surface area contributed by atoms with Crippen LogP contribution in [-0.4, -0.2) is 30.3 Å². The van der Waals surface area contributed by atoms with Gasteiger partial charge in [0.15, 0.2) is 0 Å². The Morgan fingerprint density at radius 2 is 1.95 bits per heavy atom. The lowest BCUT2D eigenvalue weighted by molar-refractivity contribution is -0.142. The third kappa shape index (κ3) is 4.37. The summed E-state index contributed by atoms with van der Waals surface area (Å²) < 4.78 is 5.83. The summed E-state index contributed by atoms with van der Waals surface area (Å²) in [4.78, 5) is 22.9. The number of methoxy groups -OCH3 is 1. The minimum atomic E-state index is -0.745. The first-order valence-electron chi connectivity index (χ1n) is 7.13. The zero-order valence-corrected chi connectivity index (χ0v) is 13.9. The Kier molecular flexibility index (Phi) is 5.65. The average Bonchev–Trinajstić information content (AvgIpc) is 2.49. The molecule has 0 saturated heterocycles. The smallest absolute Gasteiger partial charge is 0.319 e. The maximum Gasteiger partial charge on any atom is 0.319 e. The zero-order valence-electron chi connectivity index (χ0n) is 12.3. The fourth-order valence-electron chi connectivity index (χ4n) is 2.55. The second-order valence-electron chi connectivity index (χ2n) is 5.33. The van der Waals surface area contributed by atoms with Crippen LogP contribution < -0.4 is 15.4 Å². The summed E-state index contributed by atoms with van der Waals surface area (Å²) in [6.45, 7) is 0. The summed E-state index contributed by atoms with van der Waals surface area (Å²) in [6, 6.07) is 5.02. The molecule has 1 saturated carbocycles. The number of hydrogen-bond acceptors (Lipinski definition) is 3. The summed E-state index contributed by atoms with van der Waals surface area (Å²) in [5.74, 6) is -0.327. The average molecular weight is 371 g/mol. The Morgan fingerprint density at radius 3 is 2.50 bits per heavy atom. The number of halogens is 1. The number of rotatable bonds is 4. The highest BCUT2D eigenvalue weighted by atomic mass is 79.9. The van der Waals surface area contributed by atoms with E-state index in [2.05, 4.69) is 26.6 Å². The number of ether oxygens (including phenoxy) is 1. The predicted octanol–water partition coefficient (Wildman–Crippen LogP) is 3.22. The van der Waals surface area contributed by atoms with Crippen molar-refractivity contribution in [2.24, 2.45) is 5.92 Å². The third-order valence-corrected chi connectivity index (χ3v) is 4.49. The number of nitrogens with one attached hydrogen (secondary N) is 2. The van der Waals surface area contributed by atoms with Crippen LogP contribution in [0.5, 0.6) is 5.75 Å². The van der Waals surface area contributed by atoms with Gasteiger partial charge in [0, 0.05) is 10.5 Å². The number of aliphatic carboxylic acids is 1. The van der Waals surface area contributed by atoms with Crippen molar-refractivity contribution in [3.8, 4) is 5.75 Å². The van der Waals surface area contributed by atoms with Crippen LogP contribution in [0, 0.1) is 5.92 Å². The summed E-state index contributed by atoms with van der Waals surface area (Å²) in [5.41, 5.74) is 0.650. The number of carbonyl (C=O) groups is 2. The van der Waals surface area contributed by atoms with Gasteiger partial charge in [0.1, 0.15) is 5.75 Å². The number of hydrogen-bond donors (Lipinski definition) is 3. The molecule has 3 N–H and O–H groups in total. The fourth-order valence-corrected chi connectivity index (χ4v) is 3.01. The molecule has 0 spiro atoms. The molecule has 7 heteroatoms. The van der Waals surface area contributed by atoms with Gasteiger partial charge < -0.3 is 20.5 Å². The SMILES string of the molecule is COc1ccc(NC(=O)NC2CCC(C(=O)O)CC2)c(Br)c1. The van der Waals surface area contributed by atoms with Crippen LogP contribution in [-0.2, 0) is 4.79 Å². The molecule has 0 radical (unpaired) electrons. The van der Waals surface area contributed by atoms with Crippen LogP contribution in [0.3, 0.4) is 0 Å². The molecule has 1 fully saturated rings. The van der Waals surface area contributed by atoms with Gasteiger partial charge in [-0.1, -0.05) is 0 Å². The van der Waals surface area contributed by atoms with E-state index in [1.165, 1.54) is 0 Å².